The molecule has 0 bridgehead atoms. The first-order chi connectivity index (χ1) is 15.3. The third-order valence-electron chi connectivity index (χ3n) is 4.91. The van der Waals surface area contributed by atoms with Crippen LogP contribution in [0.15, 0.2) is 47.4 Å². The van der Waals surface area contributed by atoms with Gasteiger partial charge in [-0.1, -0.05) is 18.6 Å². The number of ether oxygens (including phenoxy) is 2. The summed E-state index contributed by atoms with van der Waals surface area (Å²) in [7, 11) is -3.67. The zero-order valence-electron chi connectivity index (χ0n) is 18.2. The van der Waals surface area contributed by atoms with Gasteiger partial charge in [-0.15, -0.1) is 0 Å². The van der Waals surface area contributed by atoms with Crippen LogP contribution in [0.25, 0.3) is 0 Å². The number of nitriles is 1. The number of sulfonamides is 1. The molecule has 1 fully saturated rings. The van der Waals surface area contributed by atoms with Gasteiger partial charge in [0.2, 0.25) is 10.0 Å². The Bertz CT molecular complexity index is 1100. The molecule has 3 rings (SSSR count). The predicted molar refractivity (Wildman–Crippen MR) is 120 cm³/mol. The zero-order chi connectivity index (χ0) is 23.1. The van der Waals surface area contributed by atoms with Crippen LogP contribution in [-0.4, -0.2) is 44.4 Å². The maximum absolute atomic E-state index is 13.1. The van der Waals surface area contributed by atoms with Crippen molar-refractivity contribution in [2.24, 2.45) is 0 Å². The number of carbonyl (C=O) groups is 1. The number of anilines is 1. The van der Waals surface area contributed by atoms with Crippen molar-refractivity contribution in [3.8, 4) is 17.6 Å². The van der Waals surface area contributed by atoms with E-state index in [0.29, 0.717) is 30.2 Å². The topological polar surface area (TPSA) is 109 Å². The molecule has 0 spiro atoms. The molecule has 1 N–H and O–H groups in total. The van der Waals surface area contributed by atoms with Crippen molar-refractivity contribution in [2.45, 2.75) is 44.1 Å². The summed E-state index contributed by atoms with van der Waals surface area (Å²) in [4.78, 5) is 12.7. The van der Waals surface area contributed by atoms with Crippen molar-refractivity contribution < 1.29 is 22.7 Å². The fourth-order valence-corrected chi connectivity index (χ4v) is 4.94. The van der Waals surface area contributed by atoms with Crippen LogP contribution in [0, 0.1) is 11.3 Å². The van der Waals surface area contributed by atoms with Crippen LogP contribution in [0.5, 0.6) is 11.5 Å². The molecule has 1 saturated heterocycles. The van der Waals surface area contributed by atoms with E-state index in [2.05, 4.69) is 5.32 Å². The summed E-state index contributed by atoms with van der Waals surface area (Å²) in [6.07, 6.45) is 2.51. The molecule has 0 unspecified atom stereocenters. The Morgan fingerprint density at radius 2 is 1.84 bits per heavy atom. The maximum Gasteiger partial charge on any atom is 0.262 e. The normalized spacial score (nSPS) is 14.6. The van der Waals surface area contributed by atoms with E-state index >= 15 is 0 Å². The van der Waals surface area contributed by atoms with Gasteiger partial charge in [0.15, 0.2) is 6.61 Å². The monoisotopic (exact) mass is 457 g/mol. The van der Waals surface area contributed by atoms with E-state index in [-0.39, 0.29) is 23.3 Å². The third-order valence-corrected chi connectivity index (χ3v) is 6.80. The molecule has 0 aliphatic carbocycles. The zero-order valence-corrected chi connectivity index (χ0v) is 19.0. The van der Waals surface area contributed by atoms with Crippen molar-refractivity contribution >= 4 is 21.6 Å². The molecule has 9 heteroatoms. The molecule has 1 amide bonds. The van der Waals surface area contributed by atoms with E-state index in [1.165, 1.54) is 16.4 Å². The molecule has 2 aromatic carbocycles. The number of rotatable bonds is 8. The highest BCUT2D eigenvalue weighted by molar-refractivity contribution is 7.89. The summed E-state index contributed by atoms with van der Waals surface area (Å²) in [6.45, 7) is 4.31. The lowest BCUT2D eigenvalue weighted by Gasteiger charge is -2.26. The standard InChI is InChI=1S/C23H27N3O5S/c1-17(2)31-22-11-10-19(32(28,29)26-12-6-3-7-13-26)14-20(22)25-23(27)16-30-21-9-5-4-8-18(21)15-24/h4-5,8-11,14,17H,3,6-7,12-13,16H2,1-2H3,(H,25,27). The van der Waals surface area contributed by atoms with Gasteiger partial charge >= 0.3 is 0 Å². The second kappa shape index (κ2) is 10.5. The quantitative estimate of drug-likeness (QED) is 0.649. The van der Waals surface area contributed by atoms with Crippen LogP contribution in [0.3, 0.4) is 0 Å². The van der Waals surface area contributed by atoms with Crippen LogP contribution in [0.1, 0.15) is 38.7 Å². The average molecular weight is 458 g/mol. The Kier molecular flexibility index (Phi) is 7.72. The Morgan fingerprint density at radius 1 is 1.12 bits per heavy atom. The van der Waals surface area contributed by atoms with Crippen molar-refractivity contribution in [3.05, 3.63) is 48.0 Å². The molecule has 1 aliphatic rings. The molecular formula is C23H27N3O5S. The number of benzene rings is 2. The Hall–Kier alpha value is -3.09. The summed E-state index contributed by atoms with van der Waals surface area (Å²) in [5.41, 5.74) is 0.567. The van der Waals surface area contributed by atoms with Crippen molar-refractivity contribution in [1.82, 2.24) is 4.31 Å². The highest BCUT2D eigenvalue weighted by Crippen LogP contribution is 2.31. The van der Waals surface area contributed by atoms with Crippen molar-refractivity contribution in [1.29, 1.82) is 5.26 Å². The SMILES string of the molecule is CC(C)Oc1ccc(S(=O)(=O)N2CCCCC2)cc1NC(=O)COc1ccccc1C#N. The summed E-state index contributed by atoms with van der Waals surface area (Å²) in [6, 6.07) is 13.1. The van der Waals surface area contributed by atoms with Crippen molar-refractivity contribution in [2.75, 3.05) is 25.0 Å². The maximum atomic E-state index is 13.1. The average Bonchev–Trinajstić information content (AvgIpc) is 2.79. The molecule has 0 saturated carbocycles. The van der Waals surface area contributed by atoms with Gasteiger partial charge in [0.05, 0.1) is 22.3 Å². The van der Waals surface area contributed by atoms with Crippen molar-refractivity contribution in [3.63, 3.8) is 0 Å². The van der Waals surface area contributed by atoms with E-state index < -0.39 is 15.9 Å². The summed E-state index contributed by atoms with van der Waals surface area (Å²) in [5, 5.41) is 11.8. The third kappa shape index (κ3) is 5.78. The van der Waals surface area contributed by atoms with E-state index in [1.54, 1.807) is 30.3 Å². The smallest absolute Gasteiger partial charge is 0.262 e. The highest BCUT2D eigenvalue weighted by Gasteiger charge is 2.27. The molecule has 0 atom stereocenters. The van der Waals surface area contributed by atoms with Crippen LogP contribution in [-0.2, 0) is 14.8 Å². The molecule has 0 radical (unpaired) electrons. The molecule has 170 valence electrons. The minimum Gasteiger partial charge on any atom is -0.489 e. The Labute approximate surface area is 188 Å². The van der Waals surface area contributed by atoms with Crippen LogP contribution in [0.4, 0.5) is 5.69 Å². The lowest BCUT2D eigenvalue weighted by atomic mass is 10.2. The summed E-state index contributed by atoms with van der Waals surface area (Å²) < 4.78 is 38.8. The van der Waals surface area contributed by atoms with Gasteiger partial charge in [0, 0.05) is 13.1 Å². The van der Waals surface area contributed by atoms with Gasteiger partial charge < -0.3 is 14.8 Å². The molecule has 1 heterocycles. The van der Waals surface area contributed by atoms with Crippen LogP contribution in [0.2, 0.25) is 0 Å². The second-order valence-electron chi connectivity index (χ2n) is 7.73. The fraction of sp³-hybridized carbons (Fsp3) is 0.391. The number of carbonyl (C=O) groups excluding carboxylic acids is 1. The van der Waals surface area contributed by atoms with Gasteiger partial charge in [-0.05, 0) is 57.0 Å². The number of amides is 1. The second-order valence-corrected chi connectivity index (χ2v) is 9.67. The van der Waals surface area contributed by atoms with E-state index in [0.717, 1.165) is 19.3 Å². The molecule has 1 aliphatic heterocycles. The molecule has 8 nitrogen and oxygen atoms in total. The summed E-state index contributed by atoms with van der Waals surface area (Å²) >= 11 is 0. The molecule has 2 aromatic rings. The number of hydrogen-bond donors (Lipinski definition) is 1. The Morgan fingerprint density at radius 3 is 2.53 bits per heavy atom. The van der Waals surface area contributed by atoms with E-state index in [1.807, 2.05) is 19.9 Å². The lowest BCUT2D eigenvalue weighted by Crippen LogP contribution is -2.35. The van der Waals surface area contributed by atoms with Gasteiger partial charge in [-0.3, -0.25) is 4.79 Å². The molecular weight excluding hydrogens is 430 g/mol. The minimum absolute atomic E-state index is 0.0987. The minimum atomic E-state index is -3.67. The number of nitrogens with one attached hydrogen (secondary N) is 1. The number of hydrogen-bond acceptors (Lipinski definition) is 6. The first kappa shape index (κ1) is 23.6. The number of nitrogens with zero attached hydrogens (tertiary/aromatic N) is 2. The predicted octanol–water partition coefficient (Wildman–Crippen LogP) is 3.54. The van der Waals surface area contributed by atoms with Gasteiger partial charge in [-0.2, -0.15) is 9.57 Å². The lowest BCUT2D eigenvalue weighted by molar-refractivity contribution is -0.118. The first-order valence-corrected chi connectivity index (χ1v) is 12.0. The first-order valence-electron chi connectivity index (χ1n) is 10.5. The van der Waals surface area contributed by atoms with Crippen LogP contribution < -0.4 is 14.8 Å². The van der Waals surface area contributed by atoms with E-state index in [4.69, 9.17) is 14.7 Å². The molecule has 0 aromatic heterocycles. The number of piperidine rings is 1. The van der Waals surface area contributed by atoms with Gasteiger partial charge in [0.1, 0.15) is 17.6 Å². The van der Waals surface area contributed by atoms with Gasteiger partial charge in [0.25, 0.3) is 5.91 Å². The molecule has 32 heavy (non-hydrogen) atoms. The fourth-order valence-electron chi connectivity index (χ4n) is 3.39. The Balaban J connectivity index is 1.80. The largest absolute Gasteiger partial charge is 0.489 e. The summed E-state index contributed by atoms with van der Waals surface area (Å²) in [5.74, 6) is 0.160. The van der Waals surface area contributed by atoms with Gasteiger partial charge in [-0.25, -0.2) is 8.42 Å². The van der Waals surface area contributed by atoms with E-state index in [9.17, 15) is 13.2 Å². The van der Waals surface area contributed by atoms with Crippen LogP contribution >= 0.6 is 0 Å². The highest BCUT2D eigenvalue weighted by atomic mass is 32.2. The number of para-hydroxylation sites is 1.